The van der Waals surface area contributed by atoms with Crippen LogP contribution in [0.25, 0.3) is 0 Å². The monoisotopic (exact) mass is 740 g/mol. The van der Waals surface area contributed by atoms with E-state index < -0.39 is 77.2 Å². The van der Waals surface area contributed by atoms with Gasteiger partial charge in [0.1, 0.15) is 11.7 Å². The molecule has 4 aliphatic rings. The Morgan fingerprint density at radius 1 is 0.942 bits per heavy atom. The summed E-state index contributed by atoms with van der Waals surface area (Å²) in [6.07, 6.45) is 4.21. The van der Waals surface area contributed by atoms with Crippen LogP contribution in [0.1, 0.15) is 119 Å². The lowest BCUT2D eigenvalue weighted by molar-refractivity contribution is -0.362. The molecule has 300 valence electrons. The molecule has 1 spiro atoms. The number of hydrogen-bond acceptors (Lipinski definition) is 12. The maximum absolute atomic E-state index is 13.4. The van der Waals surface area contributed by atoms with Gasteiger partial charge in [0.15, 0.2) is 11.6 Å². The van der Waals surface area contributed by atoms with Crippen molar-refractivity contribution >= 4 is 5.97 Å². The van der Waals surface area contributed by atoms with E-state index in [1.165, 1.54) is 20.8 Å². The first kappa shape index (κ1) is 43.3. The Kier molecular flexibility index (Phi) is 14.6. The van der Waals surface area contributed by atoms with E-state index in [1.54, 1.807) is 0 Å². The molecule has 4 aliphatic heterocycles. The number of ether oxygens (including phenoxy) is 4. The van der Waals surface area contributed by atoms with Crippen LogP contribution in [-0.2, 0) is 23.7 Å². The molecule has 3 saturated heterocycles. The largest absolute Gasteiger partial charge is 0.459 e. The van der Waals surface area contributed by atoms with Crippen LogP contribution in [0.4, 0.5) is 0 Å². The number of carbonyl (C=O) groups is 1. The molecule has 0 aliphatic carbocycles. The summed E-state index contributed by atoms with van der Waals surface area (Å²) in [6, 6.07) is 0. The first-order valence-electron chi connectivity index (χ1n) is 19.7. The smallest absolute Gasteiger partial charge is 0.330 e. The Morgan fingerprint density at radius 2 is 1.65 bits per heavy atom. The van der Waals surface area contributed by atoms with E-state index in [0.29, 0.717) is 45.1 Å². The zero-order chi connectivity index (χ0) is 38.6. The van der Waals surface area contributed by atoms with Crippen molar-refractivity contribution in [1.82, 2.24) is 0 Å². The molecule has 16 atom stereocenters. The number of aliphatic hydroxyl groups excluding tert-OH is 4. The van der Waals surface area contributed by atoms with Crippen LogP contribution in [0.3, 0.4) is 0 Å². The molecular weight excluding hydrogens is 672 g/mol. The van der Waals surface area contributed by atoms with Crippen molar-refractivity contribution in [1.29, 1.82) is 0 Å². The van der Waals surface area contributed by atoms with Gasteiger partial charge in [-0.1, -0.05) is 46.8 Å². The van der Waals surface area contributed by atoms with Gasteiger partial charge in [0.05, 0.1) is 48.8 Å². The molecule has 0 aromatic heterocycles. The number of carbonyl (C=O) groups excluding carboxylic acids is 1. The Morgan fingerprint density at radius 3 is 2.35 bits per heavy atom. The maximum atomic E-state index is 13.4. The summed E-state index contributed by atoms with van der Waals surface area (Å²) in [5, 5.41) is 77.8. The first-order chi connectivity index (χ1) is 24.2. The summed E-state index contributed by atoms with van der Waals surface area (Å²) < 4.78 is 25.8. The highest BCUT2D eigenvalue weighted by molar-refractivity contribution is 5.82. The first-order valence-corrected chi connectivity index (χ1v) is 19.7. The number of allylic oxidation sites excluding steroid dienone is 1. The van der Waals surface area contributed by atoms with E-state index in [2.05, 4.69) is 13.8 Å². The predicted molar refractivity (Wildman–Crippen MR) is 193 cm³/mol. The van der Waals surface area contributed by atoms with Gasteiger partial charge in [0.25, 0.3) is 0 Å². The fourth-order valence-corrected chi connectivity index (χ4v) is 8.35. The van der Waals surface area contributed by atoms with Crippen LogP contribution >= 0.6 is 0 Å². The number of fused-ring (bicyclic) bond motifs is 3. The maximum Gasteiger partial charge on any atom is 0.330 e. The highest BCUT2D eigenvalue weighted by atomic mass is 16.7. The average Bonchev–Trinajstić information content (AvgIpc) is 3.08. The van der Waals surface area contributed by atoms with Crippen molar-refractivity contribution in [3.8, 4) is 0 Å². The van der Waals surface area contributed by atoms with Crippen molar-refractivity contribution in [2.24, 2.45) is 29.6 Å². The highest BCUT2D eigenvalue weighted by Gasteiger charge is 2.54. The van der Waals surface area contributed by atoms with Crippen molar-refractivity contribution in [3.63, 3.8) is 0 Å². The van der Waals surface area contributed by atoms with E-state index in [0.717, 1.165) is 18.6 Å². The summed E-state index contributed by atoms with van der Waals surface area (Å²) in [5.41, 5.74) is -3.48. The van der Waals surface area contributed by atoms with Crippen molar-refractivity contribution in [2.75, 3.05) is 6.61 Å². The third kappa shape index (κ3) is 10.6. The van der Waals surface area contributed by atoms with E-state index in [-0.39, 0.29) is 49.5 Å². The summed E-state index contributed by atoms with van der Waals surface area (Å²) in [4.78, 5) is 13.4. The van der Waals surface area contributed by atoms with Gasteiger partial charge in [0.2, 0.25) is 0 Å². The van der Waals surface area contributed by atoms with Crippen LogP contribution in [-0.4, -0.2) is 114 Å². The molecular formula is C40H68O12. The van der Waals surface area contributed by atoms with Gasteiger partial charge in [-0.15, -0.1) is 0 Å². The lowest BCUT2D eigenvalue weighted by Gasteiger charge is -2.53. The fraction of sp³-hybridized carbons (Fsp3) is 0.875. The average molecular weight is 741 g/mol. The molecule has 3 fully saturated rings. The molecule has 0 aromatic rings. The summed E-state index contributed by atoms with van der Waals surface area (Å²) >= 11 is 0. The molecule has 0 saturated carbocycles. The van der Waals surface area contributed by atoms with E-state index in [4.69, 9.17) is 18.9 Å². The normalized spacial score (nSPS) is 49.4. The van der Waals surface area contributed by atoms with Gasteiger partial charge in [-0.3, -0.25) is 0 Å². The molecule has 0 unspecified atom stereocenters. The molecule has 0 radical (unpaired) electrons. The topological polar surface area (TPSA) is 196 Å². The number of aliphatic hydroxyl groups is 7. The zero-order valence-electron chi connectivity index (χ0n) is 32.4. The molecule has 12 heteroatoms. The van der Waals surface area contributed by atoms with E-state index in [9.17, 15) is 40.5 Å². The van der Waals surface area contributed by atoms with Gasteiger partial charge >= 0.3 is 5.97 Å². The fourth-order valence-electron chi connectivity index (χ4n) is 8.35. The van der Waals surface area contributed by atoms with Gasteiger partial charge < -0.3 is 54.7 Å². The second kappa shape index (κ2) is 17.6. The summed E-state index contributed by atoms with van der Waals surface area (Å²) in [7, 11) is 0. The third-order valence-corrected chi connectivity index (χ3v) is 12.5. The van der Waals surface area contributed by atoms with Crippen LogP contribution in [0, 0.1) is 29.6 Å². The van der Waals surface area contributed by atoms with Gasteiger partial charge in [-0.2, -0.15) is 0 Å². The highest BCUT2D eigenvalue weighted by Crippen LogP contribution is 2.48. The molecule has 7 N–H and O–H groups in total. The van der Waals surface area contributed by atoms with Crippen molar-refractivity contribution < 1.29 is 59.5 Å². The van der Waals surface area contributed by atoms with E-state index in [1.807, 2.05) is 26.0 Å². The summed E-state index contributed by atoms with van der Waals surface area (Å²) in [6.45, 7) is 12.7. The lowest BCUT2D eigenvalue weighted by Crippen LogP contribution is -2.59. The number of rotatable bonds is 3. The second-order valence-electron chi connectivity index (χ2n) is 17.2. The molecule has 0 amide bonds. The van der Waals surface area contributed by atoms with Crippen LogP contribution in [0.15, 0.2) is 24.3 Å². The summed E-state index contributed by atoms with van der Waals surface area (Å²) in [5.74, 6) is -4.82. The van der Waals surface area contributed by atoms with Crippen molar-refractivity contribution in [2.45, 2.75) is 185 Å². The van der Waals surface area contributed by atoms with Crippen molar-refractivity contribution in [3.05, 3.63) is 24.3 Å². The lowest BCUT2D eigenvalue weighted by atomic mass is 9.77. The minimum absolute atomic E-state index is 0.0880. The van der Waals surface area contributed by atoms with Gasteiger partial charge in [-0.05, 0) is 76.7 Å². The number of hydrogen-bond donors (Lipinski definition) is 7. The molecule has 12 nitrogen and oxygen atoms in total. The predicted octanol–water partition coefficient (Wildman–Crippen LogP) is 3.65. The van der Waals surface area contributed by atoms with E-state index >= 15 is 0 Å². The second-order valence-corrected chi connectivity index (χ2v) is 17.2. The number of esters is 1. The Labute approximate surface area is 310 Å². The molecule has 4 rings (SSSR count). The molecule has 0 aromatic carbocycles. The molecule has 4 heterocycles. The standard InChI is InChI=1S/C40H68O12/c1-8-29(41)19-31-25(3)13-17-39(51-31)21-32-27(5)33(52-39)22-40(48)28(18-24(2)23-49-40)12-10-9-11-15-37(6,46)34(43)20-30(42)26(4)36(45)38(7,47)16-14-35(44)50-32/h10,12,14,16,24-34,36,41-43,45-48H,8-9,11,13,15,17-23H2,1-7H3/b12-10-,16-14-/t24-,25-,26-,27-,28+,29+,30-,31-,32-,33-,34+,36-,37+,38+,39+,40-/m0/s1. The minimum atomic E-state index is -1.95. The molecule has 52 heavy (non-hydrogen) atoms. The Bertz CT molecular complexity index is 1220. The Hall–Kier alpha value is -1.45. The Balaban J connectivity index is 1.69. The minimum Gasteiger partial charge on any atom is -0.459 e. The quantitative estimate of drug-likeness (QED) is 0.164. The SMILES string of the molecule is CC[C@@H](O)C[C@@H]1O[C@@]2(CC[C@@H]1C)C[C@@H]1OC(=O)/C=C\[C@@](C)(O)[C@@H](O)[C@@H](C)[C@@H](O)C[C@@H](O)[C@](C)(O)CCC/C=C\[C@@H]3C[C@H](C)CO[C@@]3(O)C[C@H](O2)[C@H]1C. The van der Waals surface area contributed by atoms with Crippen LogP contribution < -0.4 is 0 Å². The van der Waals surface area contributed by atoms with Gasteiger partial charge in [0, 0.05) is 49.5 Å². The van der Waals surface area contributed by atoms with Crippen LogP contribution in [0.2, 0.25) is 0 Å². The van der Waals surface area contributed by atoms with Crippen LogP contribution in [0.5, 0.6) is 0 Å². The third-order valence-electron chi connectivity index (χ3n) is 12.5. The zero-order valence-corrected chi connectivity index (χ0v) is 32.4. The molecule has 2 bridgehead atoms. The van der Waals surface area contributed by atoms with Gasteiger partial charge in [-0.25, -0.2) is 4.79 Å².